The fourth-order valence-corrected chi connectivity index (χ4v) is 2.81. The molecule has 0 aromatic carbocycles. The molecule has 2 aliphatic heterocycles. The van der Waals surface area contributed by atoms with E-state index in [0.29, 0.717) is 19.6 Å². The van der Waals surface area contributed by atoms with Crippen LogP contribution in [0.15, 0.2) is 18.3 Å². The molecule has 2 amide bonds. The normalized spacial score (nSPS) is 22.8. The molecule has 1 fully saturated rings. The smallest absolute Gasteiger partial charge is 0.416 e. The molecule has 96 valence electrons. The zero-order valence-electron chi connectivity index (χ0n) is 10.2. The largest absolute Gasteiger partial charge is 0.447 e. The van der Waals surface area contributed by atoms with E-state index >= 15 is 0 Å². The van der Waals surface area contributed by atoms with E-state index in [9.17, 15) is 9.59 Å². The van der Waals surface area contributed by atoms with Gasteiger partial charge in [-0.15, -0.1) is 0 Å². The van der Waals surface area contributed by atoms with Gasteiger partial charge in [-0.25, -0.2) is 9.69 Å². The zero-order chi connectivity index (χ0) is 12.5. The average molecular weight is 248 g/mol. The molecular formula is C13H16N2O3. The second-order valence-corrected chi connectivity index (χ2v) is 4.83. The highest BCUT2D eigenvalue weighted by atomic mass is 16.6. The minimum atomic E-state index is -0.494. The third kappa shape index (κ3) is 1.89. The first-order valence-electron chi connectivity index (χ1n) is 6.38. The minimum Gasteiger partial charge on any atom is -0.447 e. The summed E-state index contributed by atoms with van der Waals surface area (Å²) in [7, 11) is 0. The van der Waals surface area contributed by atoms with Crippen molar-refractivity contribution in [3.63, 3.8) is 0 Å². The lowest BCUT2D eigenvalue weighted by Crippen LogP contribution is -2.33. The average Bonchev–Trinajstić information content (AvgIpc) is 2.97. The summed E-state index contributed by atoms with van der Waals surface area (Å²) in [5.41, 5.74) is 1.21. The van der Waals surface area contributed by atoms with Crippen molar-refractivity contribution < 1.29 is 14.3 Å². The third-order valence-electron chi connectivity index (χ3n) is 3.72. The highest BCUT2D eigenvalue weighted by Crippen LogP contribution is 2.31. The molecular weight excluding hydrogens is 232 g/mol. The lowest BCUT2D eigenvalue weighted by molar-refractivity contribution is -0.128. The Hall–Kier alpha value is -1.78. The second-order valence-electron chi connectivity index (χ2n) is 4.83. The van der Waals surface area contributed by atoms with Crippen molar-refractivity contribution in [3.8, 4) is 0 Å². The monoisotopic (exact) mass is 248 g/mol. The van der Waals surface area contributed by atoms with Gasteiger partial charge in [-0.3, -0.25) is 4.79 Å². The predicted molar refractivity (Wildman–Crippen MR) is 64.1 cm³/mol. The maximum atomic E-state index is 12.1. The van der Waals surface area contributed by atoms with Crippen molar-refractivity contribution in [2.75, 3.05) is 13.2 Å². The molecule has 1 atom stereocenters. The lowest BCUT2D eigenvalue weighted by atomic mass is 9.92. The molecule has 0 bridgehead atoms. The van der Waals surface area contributed by atoms with Crippen LogP contribution in [0.4, 0.5) is 4.79 Å². The van der Waals surface area contributed by atoms with Crippen LogP contribution in [0.1, 0.15) is 30.9 Å². The first-order valence-corrected chi connectivity index (χ1v) is 6.38. The van der Waals surface area contributed by atoms with Crippen molar-refractivity contribution in [3.05, 3.63) is 24.0 Å². The maximum Gasteiger partial charge on any atom is 0.416 e. The number of carbonyl (C=O) groups excluding carboxylic acids is 2. The minimum absolute atomic E-state index is 0.114. The standard InChI is InChI=1S/C13H16N2O3/c16-12(15-7-8-18-13(15)17)9-10-3-1-5-14-6-2-4-11(10)14/h2,4,6,10H,1,3,5,7-9H2/t10-/m1/s1. The summed E-state index contributed by atoms with van der Waals surface area (Å²) >= 11 is 0. The predicted octanol–water partition coefficient (Wildman–Crippen LogP) is 1.73. The SMILES string of the molecule is O=C(C[C@H]1CCCn2cccc21)N1CCOC1=O. The molecule has 2 aliphatic rings. The molecule has 1 aromatic rings. The highest BCUT2D eigenvalue weighted by molar-refractivity contribution is 5.93. The Bertz CT molecular complexity index is 480. The van der Waals surface area contributed by atoms with Crippen molar-refractivity contribution in [1.29, 1.82) is 0 Å². The van der Waals surface area contributed by atoms with Crippen LogP contribution in [-0.2, 0) is 16.1 Å². The molecule has 0 aliphatic carbocycles. The molecule has 0 unspecified atom stereocenters. The van der Waals surface area contributed by atoms with Gasteiger partial charge < -0.3 is 9.30 Å². The second kappa shape index (κ2) is 4.48. The number of fused-ring (bicyclic) bond motifs is 1. The van der Waals surface area contributed by atoms with Crippen LogP contribution in [0.25, 0.3) is 0 Å². The molecule has 0 N–H and O–H groups in total. The summed E-state index contributed by atoms with van der Waals surface area (Å²) in [5, 5.41) is 0. The number of ether oxygens (including phenoxy) is 1. The van der Waals surface area contributed by atoms with E-state index in [2.05, 4.69) is 16.8 Å². The van der Waals surface area contributed by atoms with Gasteiger partial charge in [0, 0.05) is 30.8 Å². The first kappa shape index (κ1) is 11.3. The van der Waals surface area contributed by atoms with Gasteiger partial charge in [0.25, 0.3) is 0 Å². The number of amides is 2. The molecule has 1 saturated heterocycles. The molecule has 0 radical (unpaired) electrons. The van der Waals surface area contributed by atoms with E-state index in [0.717, 1.165) is 19.4 Å². The molecule has 5 nitrogen and oxygen atoms in total. The topological polar surface area (TPSA) is 51.5 Å². The van der Waals surface area contributed by atoms with Crippen molar-refractivity contribution >= 4 is 12.0 Å². The summed E-state index contributed by atoms with van der Waals surface area (Å²) in [6.07, 6.45) is 4.06. The van der Waals surface area contributed by atoms with Crippen LogP contribution < -0.4 is 0 Å². The number of nitrogens with zero attached hydrogens (tertiary/aromatic N) is 2. The molecule has 3 heterocycles. The van der Waals surface area contributed by atoms with Crippen LogP contribution in [-0.4, -0.2) is 34.6 Å². The van der Waals surface area contributed by atoms with Crippen molar-refractivity contribution in [2.24, 2.45) is 0 Å². The Balaban J connectivity index is 1.71. The highest BCUT2D eigenvalue weighted by Gasteiger charge is 2.31. The van der Waals surface area contributed by atoms with Gasteiger partial charge in [-0.2, -0.15) is 0 Å². The first-order chi connectivity index (χ1) is 8.75. The number of aryl methyl sites for hydroxylation is 1. The zero-order valence-corrected chi connectivity index (χ0v) is 10.2. The molecule has 0 spiro atoms. The molecule has 5 heteroatoms. The maximum absolute atomic E-state index is 12.1. The molecule has 0 saturated carbocycles. The van der Waals surface area contributed by atoms with E-state index < -0.39 is 6.09 Å². The number of hydrogen-bond donors (Lipinski definition) is 0. The van der Waals surface area contributed by atoms with E-state index in [4.69, 9.17) is 4.74 Å². The van der Waals surface area contributed by atoms with E-state index in [1.54, 1.807) is 0 Å². The number of carbonyl (C=O) groups is 2. The summed E-state index contributed by atoms with van der Waals surface area (Å²) in [5.74, 6) is 0.117. The Morgan fingerprint density at radius 3 is 3.11 bits per heavy atom. The van der Waals surface area contributed by atoms with Gasteiger partial charge in [0.05, 0.1) is 6.54 Å². The van der Waals surface area contributed by atoms with Crippen molar-refractivity contribution in [1.82, 2.24) is 9.47 Å². The molecule has 18 heavy (non-hydrogen) atoms. The van der Waals surface area contributed by atoms with Crippen LogP contribution in [0.2, 0.25) is 0 Å². The fraction of sp³-hybridized carbons (Fsp3) is 0.538. The number of hydrogen-bond acceptors (Lipinski definition) is 3. The molecule has 1 aromatic heterocycles. The number of rotatable bonds is 2. The number of imide groups is 1. The van der Waals surface area contributed by atoms with E-state index in [-0.39, 0.29) is 11.8 Å². The van der Waals surface area contributed by atoms with E-state index in [1.807, 2.05) is 6.07 Å². The van der Waals surface area contributed by atoms with Crippen LogP contribution >= 0.6 is 0 Å². The fourth-order valence-electron chi connectivity index (χ4n) is 2.81. The summed E-state index contributed by atoms with van der Waals surface area (Å²) in [6, 6.07) is 4.08. The van der Waals surface area contributed by atoms with Gasteiger partial charge >= 0.3 is 6.09 Å². The quantitative estimate of drug-likeness (QED) is 0.801. The van der Waals surface area contributed by atoms with Crippen molar-refractivity contribution in [2.45, 2.75) is 31.7 Å². The summed E-state index contributed by atoms with van der Waals surface area (Å²) in [6.45, 7) is 1.75. The Morgan fingerprint density at radius 1 is 1.44 bits per heavy atom. The van der Waals surface area contributed by atoms with Gasteiger partial charge in [-0.1, -0.05) is 0 Å². The van der Waals surface area contributed by atoms with Crippen LogP contribution in [0, 0.1) is 0 Å². The van der Waals surface area contributed by atoms with E-state index in [1.165, 1.54) is 10.6 Å². The molecule has 3 rings (SSSR count). The number of aromatic nitrogens is 1. The van der Waals surface area contributed by atoms with Gasteiger partial charge in [0.15, 0.2) is 0 Å². The summed E-state index contributed by atoms with van der Waals surface area (Å²) in [4.78, 5) is 24.6. The van der Waals surface area contributed by atoms with Gasteiger partial charge in [-0.05, 0) is 25.0 Å². The van der Waals surface area contributed by atoms with Crippen LogP contribution in [0.5, 0.6) is 0 Å². The Kier molecular flexibility index (Phi) is 2.81. The Labute approximate surface area is 105 Å². The van der Waals surface area contributed by atoms with Gasteiger partial charge in [0.1, 0.15) is 6.61 Å². The number of cyclic esters (lactones) is 1. The van der Waals surface area contributed by atoms with Crippen LogP contribution in [0.3, 0.4) is 0 Å². The summed E-state index contributed by atoms with van der Waals surface area (Å²) < 4.78 is 6.99. The Morgan fingerprint density at radius 2 is 2.33 bits per heavy atom. The van der Waals surface area contributed by atoms with Gasteiger partial charge in [0.2, 0.25) is 5.91 Å². The third-order valence-corrected chi connectivity index (χ3v) is 3.72. The lowest BCUT2D eigenvalue weighted by Gasteiger charge is -2.25.